The highest BCUT2D eigenvalue weighted by atomic mass is 127. The molecule has 5 nitrogen and oxygen atoms in total. The van der Waals surface area contributed by atoms with E-state index in [0.29, 0.717) is 18.4 Å². The summed E-state index contributed by atoms with van der Waals surface area (Å²) in [5.74, 6) is -0.110. The van der Waals surface area contributed by atoms with Crippen molar-refractivity contribution in [2.45, 2.75) is 17.7 Å². The van der Waals surface area contributed by atoms with Crippen LogP contribution < -0.4 is 10.6 Å². The molecule has 0 aliphatic heterocycles. The first-order chi connectivity index (χ1) is 11.9. The van der Waals surface area contributed by atoms with Crippen molar-refractivity contribution in [3.63, 3.8) is 0 Å². The molecular weight excluding hydrogens is 488 g/mol. The first kappa shape index (κ1) is 22.8. The van der Waals surface area contributed by atoms with Crippen LogP contribution in [-0.4, -0.2) is 40.3 Å². The molecule has 26 heavy (non-hydrogen) atoms. The third-order valence-electron chi connectivity index (χ3n) is 3.75. The minimum Gasteiger partial charge on any atom is -0.356 e. The predicted octanol–water partition coefficient (Wildman–Crippen LogP) is 3.25. The number of nitrogens with one attached hydrogen (secondary N) is 2. The molecule has 0 saturated carbocycles. The zero-order valence-corrected chi connectivity index (χ0v) is 18.6. The molecular formula is C17H23FIN3O2S2. The molecule has 2 N–H and O–H groups in total. The highest BCUT2D eigenvalue weighted by Crippen LogP contribution is 2.17. The predicted molar refractivity (Wildman–Crippen MR) is 116 cm³/mol. The largest absolute Gasteiger partial charge is 0.356 e. The van der Waals surface area contributed by atoms with Crippen molar-refractivity contribution in [2.24, 2.45) is 4.99 Å². The van der Waals surface area contributed by atoms with Crippen molar-refractivity contribution in [1.82, 2.24) is 10.6 Å². The van der Waals surface area contributed by atoms with Gasteiger partial charge in [-0.05, 0) is 40.4 Å². The first-order valence-corrected chi connectivity index (χ1v) is 10.5. The van der Waals surface area contributed by atoms with Gasteiger partial charge < -0.3 is 10.6 Å². The molecule has 2 rings (SSSR count). The van der Waals surface area contributed by atoms with Crippen molar-refractivity contribution >= 4 is 51.1 Å². The van der Waals surface area contributed by atoms with Crippen LogP contribution in [0.2, 0.25) is 0 Å². The van der Waals surface area contributed by atoms with Gasteiger partial charge in [-0.25, -0.2) is 12.8 Å². The van der Waals surface area contributed by atoms with E-state index in [1.54, 1.807) is 18.4 Å². The molecule has 0 amide bonds. The Morgan fingerprint density at radius 2 is 2.00 bits per heavy atom. The summed E-state index contributed by atoms with van der Waals surface area (Å²) in [6.07, 6.45) is 0. The van der Waals surface area contributed by atoms with Crippen LogP contribution in [0.1, 0.15) is 18.4 Å². The molecule has 0 aliphatic rings. The van der Waals surface area contributed by atoms with Gasteiger partial charge in [-0.3, -0.25) is 4.99 Å². The van der Waals surface area contributed by atoms with Gasteiger partial charge in [-0.2, -0.15) is 11.3 Å². The van der Waals surface area contributed by atoms with Gasteiger partial charge in [0, 0.05) is 20.1 Å². The van der Waals surface area contributed by atoms with E-state index in [1.165, 1.54) is 23.8 Å². The molecule has 0 fully saturated rings. The second kappa shape index (κ2) is 10.8. The molecule has 2 aromatic rings. The second-order valence-electron chi connectivity index (χ2n) is 5.59. The van der Waals surface area contributed by atoms with Gasteiger partial charge in [0.15, 0.2) is 15.8 Å². The molecule has 0 aliphatic carbocycles. The zero-order valence-electron chi connectivity index (χ0n) is 14.6. The first-order valence-electron chi connectivity index (χ1n) is 7.88. The number of hydrogen-bond donors (Lipinski definition) is 2. The van der Waals surface area contributed by atoms with Crippen LogP contribution in [0.25, 0.3) is 0 Å². The fraction of sp³-hybridized carbons (Fsp3) is 0.353. The van der Waals surface area contributed by atoms with Crippen LogP contribution in [0.5, 0.6) is 0 Å². The molecule has 0 saturated heterocycles. The van der Waals surface area contributed by atoms with Crippen LogP contribution in [0, 0.1) is 5.82 Å². The van der Waals surface area contributed by atoms with Crippen LogP contribution in [0.15, 0.2) is 51.0 Å². The van der Waals surface area contributed by atoms with E-state index >= 15 is 0 Å². The number of guanidine groups is 1. The summed E-state index contributed by atoms with van der Waals surface area (Å²) in [4.78, 5) is 3.81. The lowest BCUT2D eigenvalue weighted by Crippen LogP contribution is -2.41. The van der Waals surface area contributed by atoms with Crippen molar-refractivity contribution in [3.8, 4) is 0 Å². The maximum Gasteiger partial charge on any atom is 0.191 e. The van der Waals surface area contributed by atoms with Gasteiger partial charge in [-0.1, -0.05) is 19.1 Å². The lowest BCUT2D eigenvalue weighted by atomic mass is 10.1. The normalized spacial score (nSPS) is 13.0. The molecule has 0 radical (unpaired) electrons. The van der Waals surface area contributed by atoms with E-state index in [1.807, 2.05) is 5.38 Å². The Kier molecular flexibility index (Phi) is 9.51. The Bertz CT molecular complexity index is 811. The van der Waals surface area contributed by atoms with Gasteiger partial charge >= 0.3 is 0 Å². The molecule has 0 spiro atoms. The maximum absolute atomic E-state index is 13.6. The number of hydrogen-bond acceptors (Lipinski definition) is 4. The second-order valence-corrected chi connectivity index (χ2v) is 8.44. The lowest BCUT2D eigenvalue weighted by molar-refractivity contribution is 0.566. The lowest BCUT2D eigenvalue weighted by Gasteiger charge is -2.15. The number of thiophene rings is 1. The van der Waals surface area contributed by atoms with Gasteiger partial charge in [0.2, 0.25) is 0 Å². The summed E-state index contributed by atoms with van der Waals surface area (Å²) in [6, 6.07) is 7.48. The Balaban J connectivity index is 0.00000338. The minimum absolute atomic E-state index is 0. The van der Waals surface area contributed by atoms with Crippen LogP contribution in [0.3, 0.4) is 0 Å². The maximum atomic E-state index is 13.6. The van der Waals surface area contributed by atoms with E-state index < -0.39 is 15.7 Å². The molecule has 9 heteroatoms. The Morgan fingerprint density at radius 1 is 1.27 bits per heavy atom. The van der Waals surface area contributed by atoms with Crippen molar-refractivity contribution < 1.29 is 12.8 Å². The summed E-state index contributed by atoms with van der Waals surface area (Å²) < 4.78 is 38.1. The third kappa shape index (κ3) is 6.51. The van der Waals surface area contributed by atoms with E-state index in [2.05, 4.69) is 34.0 Å². The number of aliphatic imine (C=N–C) groups is 1. The van der Waals surface area contributed by atoms with Gasteiger partial charge in [0.1, 0.15) is 10.7 Å². The van der Waals surface area contributed by atoms with E-state index in [4.69, 9.17) is 0 Å². The van der Waals surface area contributed by atoms with Crippen molar-refractivity contribution in [1.29, 1.82) is 0 Å². The molecule has 144 valence electrons. The Labute approximate surface area is 175 Å². The van der Waals surface area contributed by atoms with Gasteiger partial charge in [0.25, 0.3) is 0 Å². The summed E-state index contributed by atoms with van der Waals surface area (Å²) in [5.41, 5.74) is 1.25. The zero-order chi connectivity index (χ0) is 18.3. The average molecular weight is 511 g/mol. The minimum atomic E-state index is -3.68. The van der Waals surface area contributed by atoms with Gasteiger partial charge in [-0.15, -0.1) is 24.0 Å². The summed E-state index contributed by atoms with van der Waals surface area (Å²) in [6.45, 7) is 2.92. The molecule has 1 heterocycles. The standard InChI is InChI=1S/C17H22FN3O2S2.HI/c1-13(14-7-9-24-12-14)11-21-17(19-2)20-8-10-25(22,23)16-6-4-3-5-15(16)18;/h3-7,9,12-13H,8,10-11H2,1-2H3,(H2,19,20,21);1H. The highest BCUT2D eigenvalue weighted by molar-refractivity contribution is 14.0. The number of rotatable bonds is 7. The van der Waals surface area contributed by atoms with Crippen LogP contribution in [-0.2, 0) is 9.84 Å². The molecule has 0 bridgehead atoms. The van der Waals surface area contributed by atoms with Crippen molar-refractivity contribution in [3.05, 3.63) is 52.5 Å². The Hall–Kier alpha value is -1.20. The number of halogens is 2. The fourth-order valence-electron chi connectivity index (χ4n) is 2.25. The van der Waals surface area contributed by atoms with Gasteiger partial charge in [0.05, 0.1) is 5.75 Å². The number of sulfone groups is 1. The van der Waals surface area contributed by atoms with Crippen molar-refractivity contribution in [2.75, 3.05) is 25.9 Å². The monoisotopic (exact) mass is 511 g/mol. The molecule has 1 atom stereocenters. The van der Waals surface area contributed by atoms with Crippen LogP contribution in [0.4, 0.5) is 4.39 Å². The topological polar surface area (TPSA) is 70.6 Å². The summed E-state index contributed by atoms with van der Waals surface area (Å²) >= 11 is 1.65. The number of nitrogens with zero attached hydrogens (tertiary/aromatic N) is 1. The van der Waals surface area contributed by atoms with E-state index in [-0.39, 0.29) is 41.2 Å². The SMILES string of the molecule is CN=C(NCCS(=O)(=O)c1ccccc1F)NCC(C)c1ccsc1.I. The quantitative estimate of drug-likeness (QED) is 0.340. The fourth-order valence-corrected chi connectivity index (χ4v) is 4.28. The third-order valence-corrected chi connectivity index (χ3v) is 6.19. The van der Waals surface area contributed by atoms with E-state index in [9.17, 15) is 12.8 Å². The molecule has 1 aromatic carbocycles. The molecule has 1 unspecified atom stereocenters. The number of benzene rings is 1. The smallest absolute Gasteiger partial charge is 0.191 e. The molecule has 1 aromatic heterocycles. The highest BCUT2D eigenvalue weighted by Gasteiger charge is 2.18. The van der Waals surface area contributed by atoms with E-state index in [0.717, 1.165) is 6.07 Å². The average Bonchev–Trinajstić information content (AvgIpc) is 3.12. The summed E-state index contributed by atoms with van der Waals surface area (Å²) in [5, 5.41) is 10.3. The van der Waals surface area contributed by atoms with Crippen LogP contribution >= 0.6 is 35.3 Å². The summed E-state index contributed by atoms with van der Waals surface area (Å²) in [7, 11) is -2.06. The Morgan fingerprint density at radius 3 is 2.62 bits per heavy atom.